The van der Waals surface area contributed by atoms with Crippen molar-refractivity contribution < 1.29 is 27.2 Å². The average molecular weight is 462 g/mol. The van der Waals surface area contributed by atoms with Crippen molar-refractivity contribution in [3.63, 3.8) is 0 Å². The van der Waals surface area contributed by atoms with Crippen LogP contribution in [-0.4, -0.2) is 43.6 Å². The Morgan fingerprint density at radius 2 is 1.75 bits per heavy atom. The number of carbonyl (C=O) groups excluding carboxylic acids is 3. The van der Waals surface area contributed by atoms with Gasteiger partial charge in [-0.2, -0.15) is 0 Å². The molecule has 0 bridgehead atoms. The fraction of sp³-hybridized carbons (Fsp3) is 0.318. The molecule has 1 unspecified atom stereocenters. The molecule has 1 fully saturated rings. The minimum absolute atomic E-state index is 0.0216. The summed E-state index contributed by atoms with van der Waals surface area (Å²) in [6.45, 7) is 2.02. The van der Waals surface area contributed by atoms with Crippen LogP contribution in [0.4, 0.5) is 10.1 Å². The number of benzene rings is 2. The lowest BCUT2D eigenvalue weighted by molar-refractivity contribution is -0.138. The van der Waals surface area contributed by atoms with Gasteiger partial charge in [-0.25, -0.2) is 22.8 Å². The normalized spacial score (nSPS) is 16.5. The maximum atomic E-state index is 13.2. The van der Waals surface area contributed by atoms with Crippen LogP contribution in [0.3, 0.4) is 0 Å². The summed E-state index contributed by atoms with van der Waals surface area (Å²) < 4.78 is 36.1. The van der Waals surface area contributed by atoms with E-state index in [0.717, 1.165) is 22.6 Å². The third kappa shape index (κ3) is 5.20. The van der Waals surface area contributed by atoms with Gasteiger partial charge in [0.15, 0.2) is 0 Å². The number of anilines is 1. The Labute approximate surface area is 185 Å². The third-order valence-electron chi connectivity index (χ3n) is 5.26. The lowest BCUT2D eigenvalue weighted by Crippen LogP contribution is -2.46. The Morgan fingerprint density at radius 3 is 2.31 bits per heavy atom. The van der Waals surface area contributed by atoms with Gasteiger partial charge < -0.3 is 4.90 Å². The van der Waals surface area contributed by atoms with E-state index in [9.17, 15) is 27.2 Å². The van der Waals surface area contributed by atoms with Crippen LogP contribution in [0.25, 0.3) is 0 Å². The molecular formula is C22H24FN3O5S. The van der Waals surface area contributed by atoms with E-state index in [1.54, 1.807) is 12.1 Å². The first-order valence-electron chi connectivity index (χ1n) is 10.2. The summed E-state index contributed by atoms with van der Waals surface area (Å²) in [7, 11) is -3.81. The molecule has 170 valence electrons. The molecule has 0 aromatic heterocycles. The number of rotatable bonds is 8. The molecular weight excluding hydrogens is 437 g/mol. The predicted molar refractivity (Wildman–Crippen MR) is 115 cm³/mol. The zero-order chi connectivity index (χ0) is 23.5. The monoisotopic (exact) mass is 461 g/mol. The molecule has 0 spiro atoms. The number of halogens is 1. The van der Waals surface area contributed by atoms with Crippen molar-refractivity contribution in [1.82, 2.24) is 4.90 Å². The van der Waals surface area contributed by atoms with Crippen LogP contribution in [0.1, 0.15) is 31.7 Å². The first-order chi connectivity index (χ1) is 15.1. The second kappa shape index (κ2) is 9.58. The van der Waals surface area contributed by atoms with E-state index in [2.05, 4.69) is 0 Å². The second-order valence-corrected chi connectivity index (χ2v) is 9.10. The summed E-state index contributed by atoms with van der Waals surface area (Å²) in [6, 6.07) is 10.0. The van der Waals surface area contributed by atoms with Gasteiger partial charge in [0, 0.05) is 13.0 Å². The van der Waals surface area contributed by atoms with Gasteiger partial charge in [-0.1, -0.05) is 19.1 Å². The van der Waals surface area contributed by atoms with Gasteiger partial charge in [0.1, 0.15) is 11.9 Å². The largest absolute Gasteiger partial charge is 0.330 e. The molecule has 2 N–H and O–H groups in total. The van der Waals surface area contributed by atoms with E-state index in [1.165, 1.54) is 29.2 Å². The van der Waals surface area contributed by atoms with Crippen molar-refractivity contribution in [2.45, 2.75) is 43.5 Å². The molecule has 1 aliphatic heterocycles. The summed E-state index contributed by atoms with van der Waals surface area (Å²) in [4.78, 5) is 40.8. The van der Waals surface area contributed by atoms with Crippen molar-refractivity contribution in [2.24, 2.45) is 5.14 Å². The number of hydrogen-bond donors (Lipinski definition) is 1. The van der Waals surface area contributed by atoms with Crippen molar-refractivity contribution >= 4 is 33.4 Å². The summed E-state index contributed by atoms with van der Waals surface area (Å²) in [6.07, 6.45) is 0.999. The molecule has 0 saturated carbocycles. The third-order valence-corrected chi connectivity index (χ3v) is 6.19. The number of primary sulfonamides is 1. The van der Waals surface area contributed by atoms with Crippen LogP contribution in [0.15, 0.2) is 53.4 Å². The highest BCUT2D eigenvalue weighted by molar-refractivity contribution is 7.89. The van der Waals surface area contributed by atoms with Gasteiger partial charge in [-0.15, -0.1) is 0 Å². The molecule has 1 atom stereocenters. The maximum absolute atomic E-state index is 13.2. The number of nitrogens with two attached hydrogens (primary N) is 1. The standard InChI is InChI=1S/C22H24FN3O5S/c1-2-3-20(27)25(13-12-15-4-10-18(11-5-15)32(24,30)31)19-14-21(28)26(22(19)29)17-8-6-16(23)7-9-17/h4-11,19H,2-3,12-14H2,1H3,(H2,24,30,31). The molecule has 10 heteroatoms. The molecule has 0 radical (unpaired) electrons. The van der Waals surface area contributed by atoms with E-state index in [4.69, 9.17) is 5.14 Å². The SMILES string of the molecule is CCCC(=O)N(CCc1ccc(S(N)(=O)=O)cc1)C1CC(=O)N(c2ccc(F)cc2)C1=O. The van der Waals surface area contributed by atoms with Gasteiger partial charge >= 0.3 is 0 Å². The first kappa shape index (κ1) is 23.6. The molecule has 32 heavy (non-hydrogen) atoms. The highest BCUT2D eigenvalue weighted by Crippen LogP contribution is 2.27. The van der Waals surface area contributed by atoms with E-state index < -0.39 is 33.7 Å². The minimum Gasteiger partial charge on any atom is -0.330 e. The minimum atomic E-state index is -3.81. The van der Waals surface area contributed by atoms with Crippen molar-refractivity contribution in [2.75, 3.05) is 11.4 Å². The number of carbonyl (C=O) groups is 3. The van der Waals surface area contributed by atoms with Gasteiger partial charge in [-0.05, 0) is 54.8 Å². The molecule has 2 aromatic carbocycles. The Kier molecular flexibility index (Phi) is 7.05. The average Bonchev–Trinajstić information content (AvgIpc) is 3.03. The molecule has 3 amide bonds. The summed E-state index contributed by atoms with van der Waals surface area (Å²) >= 11 is 0. The van der Waals surface area contributed by atoms with Crippen LogP contribution in [0, 0.1) is 5.82 Å². The van der Waals surface area contributed by atoms with Crippen LogP contribution in [0.2, 0.25) is 0 Å². The topological polar surface area (TPSA) is 118 Å². The Balaban J connectivity index is 1.79. The number of sulfonamides is 1. The van der Waals surface area contributed by atoms with Crippen LogP contribution in [-0.2, 0) is 30.8 Å². The van der Waals surface area contributed by atoms with Gasteiger partial charge in [0.2, 0.25) is 21.8 Å². The second-order valence-electron chi connectivity index (χ2n) is 7.54. The fourth-order valence-corrected chi connectivity index (χ4v) is 4.14. The Bertz CT molecular complexity index is 1120. The number of imide groups is 1. The van der Waals surface area contributed by atoms with Gasteiger partial charge in [0.05, 0.1) is 17.0 Å². The highest BCUT2D eigenvalue weighted by atomic mass is 32.2. The van der Waals surface area contributed by atoms with E-state index in [1.807, 2.05) is 6.92 Å². The van der Waals surface area contributed by atoms with Crippen LogP contribution in [0.5, 0.6) is 0 Å². The maximum Gasteiger partial charge on any atom is 0.257 e. The number of amides is 3. The summed E-state index contributed by atoms with van der Waals surface area (Å²) in [5.41, 5.74) is 1.00. The molecule has 2 aromatic rings. The molecule has 0 aliphatic carbocycles. The number of nitrogens with zero attached hydrogens (tertiary/aromatic N) is 2. The van der Waals surface area contributed by atoms with E-state index in [-0.39, 0.29) is 35.9 Å². The van der Waals surface area contributed by atoms with Crippen molar-refractivity contribution in [3.8, 4) is 0 Å². The molecule has 3 rings (SSSR count). The lowest BCUT2D eigenvalue weighted by Gasteiger charge is -2.28. The molecule has 1 aliphatic rings. The zero-order valence-corrected chi connectivity index (χ0v) is 18.3. The zero-order valence-electron chi connectivity index (χ0n) is 17.5. The smallest absolute Gasteiger partial charge is 0.257 e. The quantitative estimate of drug-likeness (QED) is 0.603. The van der Waals surface area contributed by atoms with Crippen molar-refractivity contribution in [1.29, 1.82) is 0 Å². The van der Waals surface area contributed by atoms with Crippen molar-refractivity contribution in [3.05, 3.63) is 59.9 Å². The first-order valence-corrected chi connectivity index (χ1v) is 11.7. The van der Waals surface area contributed by atoms with Gasteiger partial charge in [-0.3, -0.25) is 14.4 Å². The Morgan fingerprint density at radius 1 is 1.12 bits per heavy atom. The Hall–Kier alpha value is -3.11. The van der Waals surface area contributed by atoms with Gasteiger partial charge in [0.25, 0.3) is 5.91 Å². The lowest BCUT2D eigenvalue weighted by atomic mass is 10.1. The summed E-state index contributed by atoms with van der Waals surface area (Å²) in [5.74, 6) is -1.73. The molecule has 1 heterocycles. The molecule has 8 nitrogen and oxygen atoms in total. The predicted octanol–water partition coefficient (Wildman–Crippen LogP) is 1.98. The fourth-order valence-electron chi connectivity index (χ4n) is 3.63. The summed E-state index contributed by atoms with van der Waals surface area (Å²) in [5, 5.41) is 5.11. The van der Waals surface area contributed by atoms with Crippen LogP contribution >= 0.6 is 0 Å². The number of hydrogen-bond acceptors (Lipinski definition) is 5. The molecule has 1 saturated heterocycles. The van der Waals surface area contributed by atoms with Crippen LogP contribution < -0.4 is 10.0 Å². The van der Waals surface area contributed by atoms with E-state index >= 15 is 0 Å². The van der Waals surface area contributed by atoms with E-state index in [0.29, 0.717) is 12.8 Å². The highest BCUT2D eigenvalue weighted by Gasteiger charge is 2.44.